The number of amides is 4. The second-order valence-electron chi connectivity index (χ2n) is 12.1. The normalized spacial score (nSPS) is 16.9. The van der Waals surface area contributed by atoms with E-state index in [9.17, 15) is 29.4 Å². The largest absolute Gasteiger partial charge is 0.465 e. The van der Waals surface area contributed by atoms with Crippen molar-refractivity contribution in [2.24, 2.45) is 5.92 Å². The molecule has 45 heavy (non-hydrogen) atoms. The van der Waals surface area contributed by atoms with Crippen LogP contribution in [-0.4, -0.2) is 75.0 Å². The number of hydrogen-bond acceptors (Lipinski definition) is 5. The average molecular weight is 613 g/mol. The topological polar surface area (TPSA) is 139 Å². The summed E-state index contributed by atoms with van der Waals surface area (Å²) in [6.07, 6.45) is -0.208. The third kappa shape index (κ3) is 6.56. The maximum Gasteiger partial charge on any atom is 0.408 e. The highest BCUT2D eigenvalue weighted by atomic mass is 16.4. The molecule has 0 aromatic heterocycles. The first-order chi connectivity index (χ1) is 21.6. The molecule has 0 bridgehead atoms. The van der Waals surface area contributed by atoms with Gasteiger partial charge in [-0.15, -0.1) is 0 Å². The zero-order chi connectivity index (χ0) is 32.2. The second kappa shape index (κ2) is 13.5. The average Bonchev–Trinajstić information content (AvgIpc) is 3.65. The number of carboxylic acid groups (broad SMARTS) is 1. The van der Waals surface area contributed by atoms with Gasteiger partial charge in [0.1, 0.15) is 18.1 Å². The molecule has 0 radical (unpaired) electrons. The molecule has 3 atom stereocenters. The maximum atomic E-state index is 13.9. The molecule has 0 spiro atoms. The first-order valence-corrected chi connectivity index (χ1v) is 15.4. The van der Waals surface area contributed by atoms with Crippen molar-refractivity contribution in [3.8, 4) is 11.1 Å². The van der Waals surface area contributed by atoms with Crippen molar-refractivity contribution in [1.29, 1.82) is 0 Å². The Hall–Kier alpha value is -4.70. The monoisotopic (exact) mass is 612 g/mol. The fourth-order valence-electron chi connectivity index (χ4n) is 6.43. The van der Waals surface area contributed by atoms with Gasteiger partial charge in [0, 0.05) is 24.7 Å². The van der Waals surface area contributed by atoms with Crippen LogP contribution in [0.25, 0.3) is 11.1 Å². The van der Waals surface area contributed by atoms with Crippen molar-refractivity contribution < 1.29 is 29.4 Å². The van der Waals surface area contributed by atoms with E-state index in [4.69, 9.17) is 0 Å². The molecule has 2 aliphatic rings. The number of hydrogen-bond donors (Lipinski definition) is 4. The van der Waals surface area contributed by atoms with Gasteiger partial charge in [0.05, 0.1) is 6.61 Å². The number of anilines is 1. The highest BCUT2D eigenvalue weighted by Crippen LogP contribution is 2.45. The quantitative estimate of drug-likeness (QED) is 0.267. The molecule has 5 rings (SSSR count). The lowest BCUT2D eigenvalue weighted by molar-refractivity contribution is -0.142. The van der Waals surface area contributed by atoms with Gasteiger partial charge in [0.15, 0.2) is 0 Å². The van der Waals surface area contributed by atoms with Crippen LogP contribution in [0.5, 0.6) is 0 Å². The summed E-state index contributed by atoms with van der Waals surface area (Å²) < 4.78 is 0. The SMILES string of the molecule is CC(C)[C@H](NC(=O)[C@@H]1CCCN1C(=O)[C@@H](C)N(CC1c2ccccc2-c2ccccc21)C(=O)O)C(=O)Nc1ccc(CO)cc1. The number of fused-ring (bicyclic) bond motifs is 3. The van der Waals surface area contributed by atoms with Crippen LogP contribution in [-0.2, 0) is 21.0 Å². The second-order valence-corrected chi connectivity index (χ2v) is 12.1. The lowest BCUT2D eigenvalue weighted by atomic mass is 9.96. The molecule has 10 heteroatoms. The summed E-state index contributed by atoms with van der Waals surface area (Å²) in [5, 5.41) is 25.2. The number of rotatable bonds is 10. The van der Waals surface area contributed by atoms with Crippen molar-refractivity contribution in [1.82, 2.24) is 15.1 Å². The van der Waals surface area contributed by atoms with Crippen molar-refractivity contribution in [2.75, 3.05) is 18.4 Å². The number of benzene rings is 3. The molecule has 1 fully saturated rings. The number of aliphatic hydroxyl groups excluding tert-OH is 1. The third-order valence-corrected chi connectivity index (χ3v) is 8.90. The van der Waals surface area contributed by atoms with Gasteiger partial charge in [-0.2, -0.15) is 0 Å². The van der Waals surface area contributed by atoms with Crippen LogP contribution >= 0.6 is 0 Å². The lowest BCUT2D eigenvalue weighted by Gasteiger charge is -2.34. The van der Waals surface area contributed by atoms with E-state index in [0.29, 0.717) is 30.6 Å². The van der Waals surface area contributed by atoms with Crippen LogP contribution in [0.4, 0.5) is 10.5 Å². The van der Waals surface area contributed by atoms with Crippen molar-refractivity contribution >= 4 is 29.5 Å². The minimum absolute atomic E-state index is 0.0931. The van der Waals surface area contributed by atoms with Crippen LogP contribution in [0.1, 0.15) is 56.2 Å². The molecule has 236 valence electrons. The molecule has 4 N–H and O–H groups in total. The van der Waals surface area contributed by atoms with Gasteiger partial charge < -0.3 is 25.7 Å². The Kier molecular flexibility index (Phi) is 9.53. The summed E-state index contributed by atoms with van der Waals surface area (Å²) in [4.78, 5) is 55.8. The van der Waals surface area contributed by atoms with Gasteiger partial charge in [0.2, 0.25) is 17.7 Å². The summed E-state index contributed by atoms with van der Waals surface area (Å²) in [7, 11) is 0. The smallest absolute Gasteiger partial charge is 0.408 e. The Morgan fingerprint density at radius 1 is 0.911 bits per heavy atom. The summed E-state index contributed by atoms with van der Waals surface area (Å²) in [6.45, 7) is 5.52. The summed E-state index contributed by atoms with van der Waals surface area (Å²) >= 11 is 0. The zero-order valence-electron chi connectivity index (χ0n) is 25.8. The van der Waals surface area contributed by atoms with E-state index in [1.165, 1.54) is 9.80 Å². The fourth-order valence-corrected chi connectivity index (χ4v) is 6.43. The number of aliphatic hydroxyl groups is 1. The molecule has 0 saturated carbocycles. The van der Waals surface area contributed by atoms with E-state index in [1.807, 2.05) is 62.4 Å². The van der Waals surface area contributed by atoms with Crippen molar-refractivity contribution in [3.05, 3.63) is 89.5 Å². The first kappa shape index (κ1) is 31.7. The van der Waals surface area contributed by atoms with Gasteiger partial charge in [-0.25, -0.2) is 4.79 Å². The molecular formula is C35H40N4O6. The van der Waals surface area contributed by atoms with Crippen LogP contribution in [0.15, 0.2) is 72.8 Å². The number of likely N-dealkylation sites (tertiary alicyclic amines) is 1. The van der Waals surface area contributed by atoms with E-state index >= 15 is 0 Å². The van der Waals surface area contributed by atoms with Crippen LogP contribution in [0, 0.1) is 5.92 Å². The molecule has 1 aliphatic heterocycles. The van der Waals surface area contributed by atoms with E-state index in [0.717, 1.165) is 22.3 Å². The molecule has 1 saturated heterocycles. The molecule has 1 aliphatic carbocycles. The first-order valence-electron chi connectivity index (χ1n) is 15.4. The van der Waals surface area contributed by atoms with E-state index in [2.05, 4.69) is 10.6 Å². The molecule has 1 heterocycles. The predicted octanol–water partition coefficient (Wildman–Crippen LogP) is 4.43. The van der Waals surface area contributed by atoms with Crippen LogP contribution in [0.3, 0.4) is 0 Å². The Bertz CT molecular complexity index is 1530. The highest BCUT2D eigenvalue weighted by molar-refractivity contribution is 5.99. The molecular weight excluding hydrogens is 572 g/mol. The summed E-state index contributed by atoms with van der Waals surface area (Å²) in [6, 6.07) is 19.9. The molecule has 4 amide bonds. The Balaban J connectivity index is 1.29. The van der Waals surface area contributed by atoms with Gasteiger partial charge in [-0.1, -0.05) is 74.5 Å². The molecule has 10 nitrogen and oxygen atoms in total. The van der Waals surface area contributed by atoms with E-state index in [1.54, 1.807) is 31.2 Å². The van der Waals surface area contributed by atoms with E-state index < -0.39 is 41.9 Å². The summed E-state index contributed by atoms with van der Waals surface area (Å²) in [5.41, 5.74) is 5.40. The van der Waals surface area contributed by atoms with E-state index in [-0.39, 0.29) is 25.0 Å². The van der Waals surface area contributed by atoms with Crippen LogP contribution < -0.4 is 10.6 Å². The Labute approximate surface area is 263 Å². The number of nitrogens with zero attached hydrogens (tertiary/aromatic N) is 2. The molecule has 3 aromatic carbocycles. The predicted molar refractivity (Wildman–Crippen MR) is 170 cm³/mol. The standard InChI is InChI=1S/C35H40N4O6/c1-21(2)31(33(42)36-24-16-14-23(20-40)15-17-24)37-32(41)30-13-8-18-38(30)34(43)22(3)39(35(44)45)19-29-27-11-6-4-9-25(27)26-10-5-7-12-28(26)29/h4-7,9-12,14-17,21-22,29-31,40H,8,13,18-20H2,1-3H3,(H,36,42)(H,37,41)(H,44,45)/t22-,30+,31+/m1/s1. The lowest BCUT2D eigenvalue weighted by Crippen LogP contribution is -2.56. The molecule has 3 aromatic rings. The fraction of sp³-hybridized carbons (Fsp3) is 0.371. The Morgan fingerprint density at radius 3 is 2.07 bits per heavy atom. The Morgan fingerprint density at radius 2 is 1.51 bits per heavy atom. The van der Waals surface area contributed by atoms with Gasteiger partial charge in [-0.3, -0.25) is 19.3 Å². The van der Waals surface area contributed by atoms with Gasteiger partial charge in [-0.05, 0) is 65.6 Å². The number of carbonyl (C=O) groups excluding carboxylic acids is 3. The minimum Gasteiger partial charge on any atom is -0.465 e. The maximum absolute atomic E-state index is 13.9. The van der Waals surface area contributed by atoms with Crippen LogP contribution in [0.2, 0.25) is 0 Å². The zero-order valence-corrected chi connectivity index (χ0v) is 25.8. The van der Waals surface area contributed by atoms with Gasteiger partial charge >= 0.3 is 6.09 Å². The highest BCUT2D eigenvalue weighted by Gasteiger charge is 2.41. The van der Waals surface area contributed by atoms with Crippen molar-refractivity contribution in [3.63, 3.8) is 0 Å². The number of carbonyl (C=O) groups is 4. The summed E-state index contributed by atoms with van der Waals surface area (Å²) in [5.74, 6) is -1.75. The number of nitrogens with one attached hydrogen (secondary N) is 2. The van der Waals surface area contributed by atoms with Crippen molar-refractivity contribution in [2.45, 2.75) is 64.3 Å². The van der Waals surface area contributed by atoms with Gasteiger partial charge in [0.25, 0.3) is 0 Å². The molecule has 0 unspecified atom stereocenters. The minimum atomic E-state index is -1.21. The third-order valence-electron chi connectivity index (χ3n) is 8.90.